The number of carbonyl (C=O) groups is 3. The van der Waals surface area contributed by atoms with Crippen LogP contribution < -0.4 is 10.6 Å². The average molecular weight is 464 g/mol. The Morgan fingerprint density at radius 2 is 1.67 bits per heavy atom. The van der Waals surface area contributed by atoms with Crippen molar-refractivity contribution in [3.63, 3.8) is 0 Å². The Balaban J connectivity index is 2.32. The number of aliphatic hydroxyl groups excluding tert-OH is 1. The summed E-state index contributed by atoms with van der Waals surface area (Å²) in [6.45, 7) is 13.1. The number of aliphatic hydroxyl groups is 1. The van der Waals surface area contributed by atoms with E-state index in [1.54, 1.807) is 11.9 Å². The molecule has 0 spiro atoms. The lowest BCUT2D eigenvalue weighted by Gasteiger charge is -2.37. The number of nitrogens with zero attached hydrogens (tertiary/aromatic N) is 1. The molecule has 0 saturated carbocycles. The molecule has 188 valence electrons. The fraction of sp³-hybridized carbons (Fsp3) is 0.808. The number of carbonyl (C=O) groups excluding carboxylic acids is 3. The number of likely N-dealkylation sites (tertiary alicyclic amines) is 1. The largest absolute Gasteiger partial charge is 0.396 e. The zero-order chi connectivity index (χ0) is 25.0. The van der Waals surface area contributed by atoms with Gasteiger partial charge in [0.2, 0.25) is 17.7 Å². The van der Waals surface area contributed by atoms with Gasteiger partial charge < -0.3 is 20.6 Å². The molecule has 7 heteroatoms. The van der Waals surface area contributed by atoms with Crippen molar-refractivity contribution in [2.75, 3.05) is 20.2 Å². The smallest absolute Gasteiger partial charge is 0.243 e. The van der Waals surface area contributed by atoms with Crippen LogP contribution in [0.1, 0.15) is 73.6 Å². The quantitative estimate of drug-likeness (QED) is 0.343. The van der Waals surface area contributed by atoms with Gasteiger partial charge in [-0.05, 0) is 44.4 Å². The molecule has 0 radical (unpaired) electrons. The van der Waals surface area contributed by atoms with Crippen LogP contribution in [0.25, 0.3) is 0 Å². The van der Waals surface area contributed by atoms with Crippen molar-refractivity contribution >= 4 is 17.7 Å². The molecule has 2 aliphatic rings. The average Bonchev–Trinajstić information content (AvgIpc) is 2.97. The van der Waals surface area contributed by atoms with Crippen LogP contribution in [-0.2, 0) is 14.4 Å². The lowest BCUT2D eigenvalue weighted by Crippen LogP contribution is -2.54. The summed E-state index contributed by atoms with van der Waals surface area (Å²) in [7, 11) is 1.60. The number of amides is 3. The molecule has 0 aromatic heterocycles. The summed E-state index contributed by atoms with van der Waals surface area (Å²) in [6.07, 6.45) is 8.05. The van der Waals surface area contributed by atoms with E-state index in [2.05, 4.69) is 31.4 Å². The van der Waals surface area contributed by atoms with Gasteiger partial charge in [-0.2, -0.15) is 0 Å². The number of fused-ring (bicyclic) bond motifs is 1. The number of hydrogen-bond donors (Lipinski definition) is 3. The normalized spacial score (nSPS) is 27.5. The van der Waals surface area contributed by atoms with Crippen molar-refractivity contribution in [1.29, 1.82) is 0 Å². The fourth-order valence-corrected chi connectivity index (χ4v) is 5.92. The monoisotopic (exact) mass is 463 g/mol. The molecule has 0 unspecified atom stereocenters. The van der Waals surface area contributed by atoms with Crippen LogP contribution in [0.4, 0.5) is 0 Å². The van der Waals surface area contributed by atoms with Crippen LogP contribution in [0.5, 0.6) is 0 Å². The molecule has 33 heavy (non-hydrogen) atoms. The molecule has 0 aromatic rings. The van der Waals surface area contributed by atoms with Crippen LogP contribution in [0.2, 0.25) is 0 Å². The zero-order valence-corrected chi connectivity index (χ0v) is 21.6. The zero-order valence-electron chi connectivity index (χ0n) is 21.6. The van der Waals surface area contributed by atoms with Gasteiger partial charge in [-0.1, -0.05) is 52.7 Å². The molecule has 1 fully saturated rings. The Labute approximate surface area is 199 Å². The van der Waals surface area contributed by atoms with Crippen molar-refractivity contribution in [2.24, 2.45) is 29.1 Å². The number of hydrogen-bond acceptors (Lipinski definition) is 4. The summed E-state index contributed by atoms with van der Waals surface area (Å²) in [4.78, 5) is 41.7. The Bertz CT molecular complexity index is 740. The first-order valence-electron chi connectivity index (χ1n) is 12.5. The molecule has 2 rings (SSSR count). The van der Waals surface area contributed by atoms with Crippen LogP contribution >= 0.6 is 0 Å². The van der Waals surface area contributed by atoms with Crippen molar-refractivity contribution in [1.82, 2.24) is 15.5 Å². The van der Waals surface area contributed by atoms with Crippen LogP contribution in [0, 0.1) is 29.1 Å². The molecule has 1 aliphatic carbocycles. The van der Waals surface area contributed by atoms with Crippen molar-refractivity contribution in [3.8, 4) is 0 Å². The second-order valence-electron chi connectivity index (χ2n) is 11.7. The molecule has 3 N–H and O–H groups in total. The van der Waals surface area contributed by atoms with Gasteiger partial charge >= 0.3 is 0 Å². The van der Waals surface area contributed by atoms with Gasteiger partial charge in [-0.3, -0.25) is 14.4 Å². The lowest BCUT2D eigenvalue weighted by atomic mass is 9.70. The van der Waals surface area contributed by atoms with E-state index in [1.807, 2.05) is 32.9 Å². The van der Waals surface area contributed by atoms with E-state index in [9.17, 15) is 14.4 Å². The number of rotatable bonds is 10. The third-order valence-electron chi connectivity index (χ3n) is 6.83. The lowest BCUT2D eigenvalue weighted by molar-refractivity contribution is -0.141. The minimum Gasteiger partial charge on any atom is -0.396 e. The summed E-state index contributed by atoms with van der Waals surface area (Å²) < 4.78 is 0. The topological polar surface area (TPSA) is 98.7 Å². The Morgan fingerprint density at radius 1 is 1.03 bits per heavy atom. The predicted molar refractivity (Wildman–Crippen MR) is 130 cm³/mol. The molecule has 1 saturated heterocycles. The van der Waals surface area contributed by atoms with Gasteiger partial charge in [0.05, 0.1) is 11.8 Å². The summed E-state index contributed by atoms with van der Waals surface area (Å²) in [6, 6.07) is -0.615. The Morgan fingerprint density at radius 3 is 2.24 bits per heavy atom. The molecular formula is C26H45N3O4. The van der Waals surface area contributed by atoms with Gasteiger partial charge in [0.15, 0.2) is 0 Å². The van der Waals surface area contributed by atoms with Crippen molar-refractivity contribution in [2.45, 2.75) is 85.2 Å². The molecule has 3 amide bonds. The molecular weight excluding hydrogens is 418 g/mol. The van der Waals surface area contributed by atoms with E-state index in [-0.39, 0.29) is 41.6 Å². The Kier molecular flexibility index (Phi) is 9.14. The maximum Gasteiger partial charge on any atom is 0.243 e. The van der Waals surface area contributed by atoms with Crippen LogP contribution in [0.15, 0.2) is 12.2 Å². The standard InChI is InChI=1S/C26H45N3O4/c1-17-12-13-18-20(19(17)22(31)27-7)24(33)29(14-10-8-9-11-15-30)21(18)23(32)28-26(5,6)16-25(2,3)4/h12-13,17-21,30H,8-11,14-16H2,1-7H3,(H,27,31)(H,28,32)/t17-,18+,19-,20-,21+/m1/s1. The molecule has 5 atom stereocenters. The number of allylic oxidation sites excluding steroid dienone is 1. The van der Waals surface area contributed by atoms with Gasteiger partial charge in [0, 0.05) is 31.7 Å². The maximum absolute atomic E-state index is 13.6. The minimum absolute atomic E-state index is 0.0433. The summed E-state index contributed by atoms with van der Waals surface area (Å²) in [5.74, 6) is -1.78. The highest BCUT2D eigenvalue weighted by molar-refractivity contribution is 5.96. The Hall–Kier alpha value is -1.89. The third kappa shape index (κ3) is 6.81. The van der Waals surface area contributed by atoms with Gasteiger partial charge in [0.25, 0.3) is 0 Å². The van der Waals surface area contributed by atoms with E-state index >= 15 is 0 Å². The highest BCUT2D eigenvalue weighted by Gasteiger charge is 2.56. The van der Waals surface area contributed by atoms with Crippen LogP contribution in [-0.4, -0.2) is 59.5 Å². The van der Waals surface area contributed by atoms with E-state index in [0.717, 1.165) is 32.1 Å². The maximum atomic E-state index is 13.6. The summed E-state index contributed by atoms with van der Waals surface area (Å²) >= 11 is 0. The number of unbranched alkanes of at least 4 members (excludes halogenated alkanes) is 3. The first kappa shape index (κ1) is 27.4. The summed E-state index contributed by atoms with van der Waals surface area (Å²) in [5, 5.41) is 15.0. The van der Waals surface area contributed by atoms with Crippen molar-refractivity contribution in [3.05, 3.63) is 12.2 Å². The molecule has 0 bridgehead atoms. The van der Waals surface area contributed by atoms with Gasteiger partial charge in [-0.25, -0.2) is 0 Å². The van der Waals surface area contributed by atoms with E-state index in [4.69, 9.17) is 5.11 Å². The second-order valence-corrected chi connectivity index (χ2v) is 11.7. The van der Waals surface area contributed by atoms with Gasteiger partial charge in [0.1, 0.15) is 6.04 Å². The SMILES string of the molecule is CNC(=O)[C@H]1[C@@H]2C(=O)N(CCCCCCO)[C@H](C(=O)NC(C)(C)CC(C)(C)C)[C@H]2C=C[C@H]1C. The highest BCUT2D eigenvalue weighted by Crippen LogP contribution is 2.44. The van der Waals surface area contributed by atoms with Gasteiger partial charge in [-0.15, -0.1) is 0 Å². The van der Waals surface area contributed by atoms with Crippen molar-refractivity contribution < 1.29 is 19.5 Å². The second kappa shape index (κ2) is 11.0. The summed E-state index contributed by atoms with van der Waals surface area (Å²) in [5.41, 5.74) is -0.378. The first-order valence-corrected chi connectivity index (χ1v) is 12.5. The van der Waals surface area contributed by atoms with E-state index in [1.165, 1.54) is 0 Å². The third-order valence-corrected chi connectivity index (χ3v) is 6.83. The number of nitrogens with one attached hydrogen (secondary N) is 2. The molecule has 1 heterocycles. The first-order chi connectivity index (χ1) is 15.3. The van der Waals surface area contributed by atoms with Crippen LogP contribution in [0.3, 0.4) is 0 Å². The predicted octanol–water partition coefficient (Wildman–Crippen LogP) is 2.88. The van der Waals surface area contributed by atoms with E-state index < -0.39 is 23.4 Å². The highest BCUT2D eigenvalue weighted by atomic mass is 16.3. The molecule has 7 nitrogen and oxygen atoms in total. The van der Waals surface area contributed by atoms with E-state index in [0.29, 0.717) is 6.54 Å². The minimum atomic E-state index is -0.615. The molecule has 0 aromatic carbocycles. The molecule has 1 aliphatic heterocycles. The fourth-order valence-electron chi connectivity index (χ4n) is 5.92.